The number of nitrogens with one attached hydrogen (secondary N) is 3. The molecular weight excluding hydrogens is 370 g/mol. The highest BCUT2D eigenvalue weighted by Gasteiger charge is 2.11. The van der Waals surface area contributed by atoms with Crippen LogP contribution in [0.1, 0.15) is 26.3 Å². The fourth-order valence-corrected chi connectivity index (χ4v) is 2.37. The van der Waals surface area contributed by atoms with Gasteiger partial charge in [0.15, 0.2) is 5.78 Å². The number of anilines is 1. The molecule has 3 amide bonds. The van der Waals surface area contributed by atoms with Crippen LogP contribution in [0.3, 0.4) is 0 Å². The summed E-state index contributed by atoms with van der Waals surface area (Å²) in [4.78, 5) is 47.0. The van der Waals surface area contributed by atoms with Crippen molar-refractivity contribution in [3.63, 3.8) is 0 Å². The third-order valence-corrected chi connectivity index (χ3v) is 3.90. The first kappa shape index (κ1) is 21.3. The largest absolute Gasteiger partial charge is 0.351 e. The van der Waals surface area contributed by atoms with Gasteiger partial charge in [-0.2, -0.15) is 0 Å². The van der Waals surface area contributed by atoms with Gasteiger partial charge in [0, 0.05) is 35.5 Å². The van der Waals surface area contributed by atoms with Gasteiger partial charge in [0.05, 0.1) is 0 Å². The third-order valence-electron chi connectivity index (χ3n) is 3.90. The van der Waals surface area contributed by atoms with Crippen LogP contribution in [0.4, 0.5) is 5.69 Å². The van der Waals surface area contributed by atoms with E-state index in [1.807, 2.05) is 0 Å². The number of rotatable bonds is 9. The zero-order chi connectivity index (χ0) is 21.2. The smallest absolute Gasteiger partial charge is 0.251 e. The number of carbonyl (C=O) groups is 4. The fraction of sp³-hybridized carbons (Fsp3) is 0.0909. The Morgan fingerprint density at radius 2 is 1.17 bits per heavy atom. The van der Waals surface area contributed by atoms with Gasteiger partial charge in [0.1, 0.15) is 0 Å². The summed E-state index contributed by atoms with van der Waals surface area (Å²) in [6.45, 7) is 7.28. The second-order valence-electron chi connectivity index (χ2n) is 5.93. The normalized spacial score (nSPS) is 9.79. The van der Waals surface area contributed by atoms with Crippen LogP contribution < -0.4 is 16.0 Å². The molecule has 7 heteroatoms. The number of benzene rings is 2. The average Bonchev–Trinajstić information content (AvgIpc) is 2.76. The van der Waals surface area contributed by atoms with Crippen molar-refractivity contribution in [1.29, 1.82) is 0 Å². The van der Waals surface area contributed by atoms with E-state index >= 15 is 0 Å². The molecule has 0 spiro atoms. The maximum absolute atomic E-state index is 12.6. The molecule has 2 rings (SSSR count). The van der Waals surface area contributed by atoms with E-state index in [9.17, 15) is 19.2 Å². The SMILES string of the molecule is C=CC(=O)NCCNC(=O)c1ccc(C(=O)c2ccc(NC(=O)C=C)cc2)cc1. The lowest BCUT2D eigenvalue weighted by molar-refractivity contribution is -0.116. The summed E-state index contributed by atoms with van der Waals surface area (Å²) >= 11 is 0. The van der Waals surface area contributed by atoms with Gasteiger partial charge in [-0.15, -0.1) is 0 Å². The molecule has 0 aliphatic carbocycles. The predicted octanol–water partition coefficient (Wildman–Crippen LogP) is 2.07. The van der Waals surface area contributed by atoms with E-state index in [2.05, 4.69) is 29.1 Å². The van der Waals surface area contributed by atoms with Gasteiger partial charge in [-0.05, 0) is 48.6 Å². The molecule has 0 radical (unpaired) electrons. The Morgan fingerprint density at radius 1 is 0.690 bits per heavy atom. The lowest BCUT2D eigenvalue weighted by atomic mass is 10.0. The number of carbonyl (C=O) groups excluding carboxylic acids is 4. The van der Waals surface area contributed by atoms with Crippen LogP contribution in [0.15, 0.2) is 73.8 Å². The summed E-state index contributed by atoms with van der Waals surface area (Å²) in [5.74, 6) is -1.15. The molecule has 0 atom stereocenters. The van der Waals surface area contributed by atoms with Crippen molar-refractivity contribution in [3.8, 4) is 0 Å². The molecular formula is C22H21N3O4. The number of hydrogen-bond acceptors (Lipinski definition) is 4. The highest BCUT2D eigenvalue weighted by atomic mass is 16.2. The molecule has 0 aromatic heterocycles. The van der Waals surface area contributed by atoms with Crippen LogP contribution >= 0.6 is 0 Å². The highest BCUT2D eigenvalue weighted by molar-refractivity contribution is 6.09. The molecule has 3 N–H and O–H groups in total. The van der Waals surface area contributed by atoms with Crippen molar-refractivity contribution >= 4 is 29.2 Å². The van der Waals surface area contributed by atoms with Crippen LogP contribution in [-0.2, 0) is 9.59 Å². The molecule has 0 aliphatic heterocycles. The van der Waals surface area contributed by atoms with Crippen LogP contribution in [0.5, 0.6) is 0 Å². The van der Waals surface area contributed by atoms with Crippen molar-refractivity contribution in [2.24, 2.45) is 0 Å². The summed E-state index contributed by atoms with van der Waals surface area (Å²) in [6.07, 6.45) is 2.32. The summed E-state index contributed by atoms with van der Waals surface area (Å²) in [5.41, 5.74) is 1.85. The zero-order valence-electron chi connectivity index (χ0n) is 15.7. The van der Waals surface area contributed by atoms with Crippen LogP contribution in [0, 0.1) is 0 Å². The predicted molar refractivity (Wildman–Crippen MR) is 111 cm³/mol. The number of ketones is 1. The van der Waals surface area contributed by atoms with E-state index in [1.165, 1.54) is 0 Å². The van der Waals surface area contributed by atoms with Crippen molar-refractivity contribution in [3.05, 3.63) is 90.5 Å². The Hall–Kier alpha value is -4.00. The first-order chi connectivity index (χ1) is 13.9. The van der Waals surface area contributed by atoms with Crippen molar-refractivity contribution in [2.45, 2.75) is 0 Å². The van der Waals surface area contributed by atoms with E-state index in [4.69, 9.17) is 0 Å². The lowest BCUT2D eigenvalue weighted by Crippen LogP contribution is -2.33. The molecule has 148 valence electrons. The Balaban J connectivity index is 1.94. The molecule has 0 aliphatic rings. The van der Waals surface area contributed by atoms with E-state index in [-0.39, 0.29) is 36.6 Å². The first-order valence-electron chi connectivity index (χ1n) is 8.81. The van der Waals surface area contributed by atoms with Gasteiger partial charge < -0.3 is 16.0 Å². The van der Waals surface area contributed by atoms with E-state index in [0.29, 0.717) is 22.4 Å². The van der Waals surface area contributed by atoms with Gasteiger partial charge in [-0.1, -0.05) is 25.3 Å². The lowest BCUT2D eigenvalue weighted by Gasteiger charge is -2.07. The topological polar surface area (TPSA) is 104 Å². The highest BCUT2D eigenvalue weighted by Crippen LogP contribution is 2.15. The van der Waals surface area contributed by atoms with Gasteiger partial charge in [-0.3, -0.25) is 19.2 Å². The molecule has 7 nitrogen and oxygen atoms in total. The summed E-state index contributed by atoms with van der Waals surface area (Å²) in [5, 5.41) is 7.83. The van der Waals surface area contributed by atoms with Crippen molar-refractivity contribution in [1.82, 2.24) is 10.6 Å². The molecule has 0 saturated heterocycles. The second kappa shape index (κ2) is 10.4. The van der Waals surface area contributed by atoms with Crippen LogP contribution in [0.2, 0.25) is 0 Å². The minimum absolute atomic E-state index is 0.203. The fourth-order valence-electron chi connectivity index (χ4n) is 2.37. The standard InChI is InChI=1S/C22H21N3O4/c1-3-19(26)23-13-14-24-22(29)17-7-5-15(6-8-17)21(28)16-9-11-18(12-10-16)25-20(27)4-2/h3-12H,1-2,13-14H2,(H,23,26)(H,24,29)(H,25,27). The van der Waals surface area contributed by atoms with E-state index in [0.717, 1.165) is 12.2 Å². The molecule has 0 unspecified atom stereocenters. The molecule has 0 fully saturated rings. The number of hydrogen-bond donors (Lipinski definition) is 3. The minimum Gasteiger partial charge on any atom is -0.351 e. The summed E-state index contributed by atoms with van der Waals surface area (Å²) in [7, 11) is 0. The molecule has 0 saturated carbocycles. The molecule has 29 heavy (non-hydrogen) atoms. The van der Waals surface area contributed by atoms with E-state index < -0.39 is 0 Å². The maximum atomic E-state index is 12.6. The minimum atomic E-state index is -0.332. The average molecular weight is 391 g/mol. The summed E-state index contributed by atoms with van der Waals surface area (Å²) < 4.78 is 0. The number of amides is 3. The Kier molecular flexibility index (Phi) is 7.61. The van der Waals surface area contributed by atoms with Gasteiger partial charge in [0.2, 0.25) is 11.8 Å². The molecule has 2 aromatic rings. The quantitative estimate of drug-likeness (QED) is 0.346. The Bertz CT molecular complexity index is 932. The first-order valence-corrected chi connectivity index (χ1v) is 8.81. The Morgan fingerprint density at radius 3 is 1.72 bits per heavy atom. The van der Waals surface area contributed by atoms with Gasteiger partial charge >= 0.3 is 0 Å². The monoisotopic (exact) mass is 391 g/mol. The van der Waals surface area contributed by atoms with Crippen LogP contribution in [-0.4, -0.2) is 36.6 Å². The van der Waals surface area contributed by atoms with Crippen molar-refractivity contribution < 1.29 is 19.2 Å². The van der Waals surface area contributed by atoms with Gasteiger partial charge in [0.25, 0.3) is 5.91 Å². The molecule has 0 bridgehead atoms. The molecule has 2 aromatic carbocycles. The third kappa shape index (κ3) is 6.28. The van der Waals surface area contributed by atoms with E-state index in [1.54, 1.807) is 48.5 Å². The van der Waals surface area contributed by atoms with Crippen molar-refractivity contribution in [2.75, 3.05) is 18.4 Å². The maximum Gasteiger partial charge on any atom is 0.251 e. The molecule has 0 heterocycles. The van der Waals surface area contributed by atoms with Gasteiger partial charge in [-0.25, -0.2) is 0 Å². The summed E-state index contributed by atoms with van der Waals surface area (Å²) in [6, 6.07) is 12.7. The van der Waals surface area contributed by atoms with Crippen LogP contribution in [0.25, 0.3) is 0 Å². The zero-order valence-corrected chi connectivity index (χ0v) is 15.7. The second-order valence-corrected chi connectivity index (χ2v) is 5.93. The Labute approximate surface area is 168 Å².